The number of carbonyl (C=O) groups excluding carboxylic acids is 1. The first-order chi connectivity index (χ1) is 14.6. The van der Waals surface area contributed by atoms with E-state index in [1.54, 1.807) is 6.20 Å². The second-order valence-corrected chi connectivity index (χ2v) is 8.60. The topological polar surface area (TPSA) is 79.6 Å². The van der Waals surface area contributed by atoms with Crippen molar-refractivity contribution in [3.05, 3.63) is 42.6 Å². The van der Waals surface area contributed by atoms with E-state index in [1.165, 1.54) is 12.8 Å². The molecule has 4 rings (SSSR count). The van der Waals surface area contributed by atoms with Gasteiger partial charge in [-0.2, -0.15) is 5.10 Å². The Morgan fingerprint density at radius 2 is 1.93 bits per heavy atom. The van der Waals surface area contributed by atoms with Crippen LogP contribution in [0.1, 0.15) is 51.0 Å². The zero-order chi connectivity index (χ0) is 20.8. The molecule has 2 N–H and O–H groups in total. The van der Waals surface area contributed by atoms with Gasteiger partial charge in [0.05, 0.1) is 24.4 Å². The molecule has 1 aliphatic carbocycles. The fourth-order valence-corrected chi connectivity index (χ4v) is 4.51. The van der Waals surface area contributed by atoms with Crippen LogP contribution in [0.4, 0.5) is 5.82 Å². The van der Waals surface area contributed by atoms with Crippen LogP contribution in [0.2, 0.25) is 0 Å². The van der Waals surface area contributed by atoms with Crippen LogP contribution in [0, 0.1) is 0 Å². The van der Waals surface area contributed by atoms with Crippen molar-refractivity contribution in [2.24, 2.45) is 0 Å². The quantitative estimate of drug-likeness (QED) is 0.730. The highest BCUT2D eigenvalue weighted by atomic mass is 16.5. The number of hydrogen-bond donors (Lipinski definition) is 2. The van der Waals surface area contributed by atoms with Crippen molar-refractivity contribution in [1.82, 2.24) is 14.7 Å². The summed E-state index contributed by atoms with van der Waals surface area (Å²) in [6.07, 6.45) is 8.56. The molecule has 162 valence electrons. The summed E-state index contributed by atoms with van der Waals surface area (Å²) in [4.78, 5) is 14.8. The smallest absolute Gasteiger partial charge is 0.239 e. The SMILES string of the molecule is O=C(CN1CCCC(O)(COc2ccccc2)CC1)Nc1ccnn1C1CCCC1. The molecule has 1 saturated carbocycles. The minimum absolute atomic E-state index is 0.0271. The second kappa shape index (κ2) is 9.62. The lowest BCUT2D eigenvalue weighted by Crippen LogP contribution is -2.38. The number of para-hydroxylation sites is 1. The molecule has 1 atom stereocenters. The van der Waals surface area contributed by atoms with Crippen LogP contribution in [0.3, 0.4) is 0 Å². The lowest BCUT2D eigenvalue weighted by Gasteiger charge is -2.27. The Balaban J connectivity index is 1.26. The minimum Gasteiger partial charge on any atom is -0.491 e. The first-order valence-electron chi connectivity index (χ1n) is 11.1. The molecule has 2 heterocycles. The number of amides is 1. The van der Waals surface area contributed by atoms with E-state index in [1.807, 2.05) is 41.1 Å². The molecule has 1 aliphatic heterocycles. The number of nitrogens with one attached hydrogen (secondary N) is 1. The van der Waals surface area contributed by atoms with Crippen molar-refractivity contribution in [2.75, 3.05) is 31.6 Å². The Morgan fingerprint density at radius 3 is 2.73 bits per heavy atom. The van der Waals surface area contributed by atoms with Gasteiger partial charge in [0.1, 0.15) is 18.2 Å². The molecule has 0 radical (unpaired) electrons. The third-order valence-electron chi connectivity index (χ3n) is 6.24. The number of ether oxygens (including phenoxy) is 1. The summed E-state index contributed by atoms with van der Waals surface area (Å²) in [5.41, 5.74) is -0.859. The maximum atomic E-state index is 12.6. The van der Waals surface area contributed by atoms with Gasteiger partial charge in [-0.1, -0.05) is 31.0 Å². The van der Waals surface area contributed by atoms with Gasteiger partial charge in [0.25, 0.3) is 0 Å². The summed E-state index contributed by atoms with van der Waals surface area (Å²) in [6.45, 7) is 2.07. The highest BCUT2D eigenvalue weighted by Crippen LogP contribution is 2.31. The van der Waals surface area contributed by atoms with Gasteiger partial charge < -0.3 is 15.2 Å². The summed E-state index contributed by atoms with van der Waals surface area (Å²) in [5, 5.41) is 18.4. The van der Waals surface area contributed by atoms with Crippen LogP contribution in [-0.2, 0) is 4.79 Å². The molecule has 1 amide bonds. The fourth-order valence-electron chi connectivity index (χ4n) is 4.51. The van der Waals surface area contributed by atoms with Gasteiger partial charge in [-0.3, -0.25) is 9.69 Å². The van der Waals surface area contributed by atoms with Gasteiger partial charge in [-0.25, -0.2) is 4.68 Å². The van der Waals surface area contributed by atoms with Gasteiger partial charge in [0.2, 0.25) is 5.91 Å². The van der Waals surface area contributed by atoms with Crippen LogP contribution in [0.25, 0.3) is 0 Å². The van der Waals surface area contributed by atoms with Crippen LogP contribution >= 0.6 is 0 Å². The molecule has 1 aromatic carbocycles. The number of nitrogens with zero attached hydrogens (tertiary/aromatic N) is 3. The van der Waals surface area contributed by atoms with Crippen molar-refractivity contribution in [1.29, 1.82) is 0 Å². The van der Waals surface area contributed by atoms with E-state index >= 15 is 0 Å². The number of carbonyl (C=O) groups is 1. The Bertz CT molecular complexity index is 819. The molecule has 2 fully saturated rings. The summed E-state index contributed by atoms with van der Waals surface area (Å²) in [5.74, 6) is 1.53. The molecular formula is C23H32N4O3. The van der Waals surface area contributed by atoms with Crippen LogP contribution in [0.15, 0.2) is 42.6 Å². The first kappa shape index (κ1) is 20.9. The van der Waals surface area contributed by atoms with Crippen molar-refractivity contribution < 1.29 is 14.6 Å². The highest BCUT2D eigenvalue weighted by Gasteiger charge is 2.31. The number of benzene rings is 1. The van der Waals surface area contributed by atoms with Crippen molar-refractivity contribution in [3.63, 3.8) is 0 Å². The molecule has 30 heavy (non-hydrogen) atoms. The maximum absolute atomic E-state index is 12.6. The third-order valence-corrected chi connectivity index (χ3v) is 6.24. The highest BCUT2D eigenvalue weighted by molar-refractivity contribution is 5.91. The molecule has 0 bridgehead atoms. The van der Waals surface area contributed by atoms with Crippen LogP contribution < -0.4 is 10.1 Å². The predicted molar refractivity (Wildman–Crippen MR) is 116 cm³/mol. The van der Waals surface area contributed by atoms with E-state index in [2.05, 4.69) is 15.3 Å². The molecule has 7 nitrogen and oxygen atoms in total. The van der Waals surface area contributed by atoms with Crippen molar-refractivity contribution >= 4 is 11.7 Å². The molecule has 1 aromatic heterocycles. The lowest BCUT2D eigenvalue weighted by molar-refractivity contribution is -0.117. The number of hydrogen-bond acceptors (Lipinski definition) is 5. The van der Waals surface area contributed by atoms with Gasteiger partial charge in [-0.15, -0.1) is 0 Å². The van der Waals surface area contributed by atoms with E-state index in [4.69, 9.17) is 4.74 Å². The van der Waals surface area contributed by atoms with Gasteiger partial charge in [0, 0.05) is 12.6 Å². The van der Waals surface area contributed by atoms with Crippen molar-refractivity contribution in [2.45, 2.75) is 56.6 Å². The summed E-state index contributed by atoms with van der Waals surface area (Å²) in [6, 6.07) is 11.8. The van der Waals surface area contributed by atoms with Gasteiger partial charge in [0.15, 0.2) is 0 Å². The Kier molecular flexibility index (Phi) is 6.69. The Labute approximate surface area is 178 Å². The minimum atomic E-state index is -0.859. The van der Waals surface area contributed by atoms with Gasteiger partial charge >= 0.3 is 0 Å². The lowest BCUT2D eigenvalue weighted by atomic mass is 9.96. The van der Waals surface area contributed by atoms with Gasteiger partial charge in [-0.05, 0) is 50.8 Å². The molecule has 2 aliphatic rings. The molecule has 2 aromatic rings. The Hall–Kier alpha value is -2.38. The zero-order valence-corrected chi connectivity index (χ0v) is 17.5. The van der Waals surface area contributed by atoms with E-state index in [0.29, 0.717) is 32.0 Å². The Morgan fingerprint density at radius 1 is 1.13 bits per heavy atom. The molecule has 0 spiro atoms. The van der Waals surface area contributed by atoms with E-state index in [0.717, 1.165) is 37.4 Å². The normalized spacial score (nSPS) is 23.2. The second-order valence-electron chi connectivity index (χ2n) is 8.60. The van der Waals surface area contributed by atoms with E-state index in [9.17, 15) is 9.90 Å². The van der Waals surface area contributed by atoms with E-state index in [-0.39, 0.29) is 12.5 Å². The van der Waals surface area contributed by atoms with Crippen LogP contribution in [0.5, 0.6) is 5.75 Å². The third kappa shape index (κ3) is 5.40. The van der Waals surface area contributed by atoms with E-state index < -0.39 is 5.60 Å². The van der Waals surface area contributed by atoms with Crippen molar-refractivity contribution in [3.8, 4) is 5.75 Å². The summed E-state index contributed by atoms with van der Waals surface area (Å²) in [7, 11) is 0. The number of anilines is 1. The summed E-state index contributed by atoms with van der Waals surface area (Å²) >= 11 is 0. The zero-order valence-electron chi connectivity index (χ0n) is 17.5. The average molecular weight is 413 g/mol. The monoisotopic (exact) mass is 412 g/mol. The molecular weight excluding hydrogens is 380 g/mol. The fraction of sp³-hybridized carbons (Fsp3) is 0.565. The molecule has 7 heteroatoms. The largest absolute Gasteiger partial charge is 0.491 e. The number of rotatable bonds is 7. The average Bonchev–Trinajstić information content (AvgIpc) is 3.39. The maximum Gasteiger partial charge on any atom is 0.239 e. The molecule has 1 saturated heterocycles. The predicted octanol–water partition coefficient (Wildman–Crippen LogP) is 3.23. The van der Waals surface area contributed by atoms with Crippen LogP contribution in [-0.4, -0.2) is 57.5 Å². The number of likely N-dealkylation sites (tertiary alicyclic amines) is 1. The standard InChI is InChI=1S/C23H32N4O3/c28-22(25-21-11-14-24-27(21)19-7-4-5-8-19)17-26-15-6-12-23(29,13-16-26)18-30-20-9-2-1-3-10-20/h1-3,9-11,14,19,29H,4-8,12-13,15-18H2,(H,25,28). The summed E-state index contributed by atoms with van der Waals surface area (Å²) < 4.78 is 7.76. The first-order valence-corrected chi connectivity index (χ1v) is 11.1. The molecule has 1 unspecified atom stereocenters. The number of aliphatic hydroxyl groups is 1. The number of aromatic nitrogens is 2.